The van der Waals surface area contributed by atoms with Crippen molar-refractivity contribution in [3.8, 4) is 5.75 Å². The first-order valence-corrected chi connectivity index (χ1v) is 6.15. The van der Waals surface area contributed by atoms with E-state index in [-0.39, 0.29) is 0 Å². The van der Waals surface area contributed by atoms with Crippen LogP contribution in [0.3, 0.4) is 0 Å². The van der Waals surface area contributed by atoms with Crippen molar-refractivity contribution in [2.75, 3.05) is 0 Å². The second kappa shape index (κ2) is 5.46. The molecule has 3 nitrogen and oxygen atoms in total. The largest absolute Gasteiger partial charge is 0.487 e. The second-order valence-corrected chi connectivity index (χ2v) is 4.63. The molecule has 0 radical (unpaired) electrons. The van der Waals surface area contributed by atoms with Gasteiger partial charge in [-0.25, -0.2) is 0 Å². The summed E-state index contributed by atoms with van der Waals surface area (Å²) in [5, 5.41) is 0.612. The standard InChI is InChI=1S/C14H16ClNO2/c1-9-3-4-13(15)14(5-9)17-8-11-6-12(7-16)18-10(11)2/h3-6H,7-8,16H2,1-2H3. The highest BCUT2D eigenvalue weighted by Crippen LogP contribution is 2.26. The molecule has 1 aromatic heterocycles. The van der Waals surface area contributed by atoms with Gasteiger partial charge < -0.3 is 14.9 Å². The van der Waals surface area contributed by atoms with Crippen LogP contribution in [0.2, 0.25) is 5.02 Å². The van der Waals surface area contributed by atoms with Crippen LogP contribution in [0.1, 0.15) is 22.6 Å². The minimum atomic E-state index is 0.395. The first kappa shape index (κ1) is 13.0. The molecule has 0 amide bonds. The molecule has 0 saturated heterocycles. The Kier molecular flexibility index (Phi) is 3.94. The van der Waals surface area contributed by atoms with E-state index in [1.54, 1.807) is 0 Å². The third kappa shape index (κ3) is 2.86. The van der Waals surface area contributed by atoms with Gasteiger partial charge in [0.1, 0.15) is 23.9 Å². The Bertz CT molecular complexity index is 549. The zero-order chi connectivity index (χ0) is 13.1. The second-order valence-electron chi connectivity index (χ2n) is 4.22. The van der Waals surface area contributed by atoms with Crippen LogP contribution in [0.4, 0.5) is 0 Å². The zero-order valence-electron chi connectivity index (χ0n) is 10.5. The van der Waals surface area contributed by atoms with E-state index in [4.69, 9.17) is 26.5 Å². The minimum absolute atomic E-state index is 0.395. The lowest BCUT2D eigenvalue weighted by atomic mass is 10.2. The molecule has 0 saturated carbocycles. The van der Waals surface area contributed by atoms with Crippen LogP contribution in [-0.4, -0.2) is 0 Å². The molecule has 0 aliphatic carbocycles. The maximum Gasteiger partial charge on any atom is 0.138 e. The summed E-state index contributed by atoms with van der Waals surface area (Å²) >= 11 is 6.07. The van der Waals surface area contributed by atoms with Gasteiger partial charge in [0.2, 0.25) is 0 Å². The van der Waals surface area contributed by atoms with Gasteiger partial charge in [-0.2, -0.15) is 0 Å². The predicted molar refractivity (Wildman–Crippen MR) is 71.9 cm³/mol. The lowest BCUT2D eigenvalue weighted by Crippen LogP contribution is -1.97. The highest BCUT2D eigenvalue weighted by Gasteiger charge is 2.08. The molecule has 2 N–H and O–H groups in total. The number of hydrogen-bond donors (Lipinski definition) is 1. The van der Waals surface area contributed by atoms with E-state index >= 15 is 0 Å². The van der Waals surface area contributed by atoms with Crippen LogP contribution in [-0.2, 0) is 13.2 Å². The molecule has 0 aliphatic heterocycles. The fourth-order valence-corrected chi connectivity index (χ4v) is 1.88. The summed E-state index contributed by atoms with van der Waals surface area (Å²) in [5.41, 5.74) is 7.63. The van der Waals surface area contributed by atoms with Gasteiger partial charge in [-0.1, -0.05) is 17.7 Å². The lowest BCUT2D eigenvalue weighted by molar-refractivity contribution is 0.303. The molecule has 0 atom stereocenters. The Labute approximate surface area is 111 Å². The summed E-state index contributed by atoms with van der Waals surface area (Å²) in [6.45, 7) is 4.72. The smallest absolute Gasteiger partial charge is 0.138 e. The van der Waals surface area contributed by atoms with E-state index in [2.05, 4.69) is 0 Å². The normalized spacial score (nSPS) is 10.7. The summed E-state index contributed by atoms with van der Waals surface area (Å²) in [4.78, 5) is 0. The van der Waals surface area contributed by atoms with Crippen LogP contribution in [0, 0.1) is 13.8 Å². The number of furan rings is 1. The van der Waals surface area contributed by atoms with E-state index in [1.807, 2.05) is 38.1 Å². The van der Waals surface area contributed by atoms with Crippen LogP contribution in [0.15, 0.2) is 28.7 Å². The number of rotatable bonds is 4. The Morgan fingerprint density at radius 1 is 1.28 bits per heavy atom. The van der Waals surface area contributed by atoms with Crippen molar-refractivity contribution in [1.82, 2.24) is 0 Å². The first-order chi connectivity index (χ1) is 8.60. The zero-order valence-corrected chi connectivity index (χ0v) is 11.3. The minimum Gasteiger partial charge on any atom is -0.487 e. The van der Waals surface area contributed by atoms with Crippen LogP contribution >= 0.6 is 11.6 Å². The van der Waals surface area contributed by atoms with Crippen molar-refractivity contribution in [3.63, 3.8) is 0 Å². The van der Waals surface area contributed by atoms with Crippen molar-refractivity contribution < 1.29 is 9.15 Å². The van der Waals surface area contributed by atoms with Gasteiger partial charge in [-0.15, -0.1) is 0 Å². The van der Waals surface area contributed by atoms with Gasteiger partial charge in [-0.05, 0) is 37.6 Å². The summed E-state index contributed by atoms with van der Waals surface area (Å²) in [7, 11) is 0. The molecular weight excluding hydrogens is 250 g/mol. The molecule has 0 spiro atoms. The lowest BCUT2D eigenvalue weighted by Gasteiger charge is -2.08. The number of aryl methyl sites for hydroxylation is 2. The van der Waals surface area contributed by atoms with Gasteiger partial charge in [0.25, 0.3) is 0 Å². The summed E-state index contributed by atoms with van der Waals surface area (Å²) in [6.07, 6.45) is 0. The summed E-state index contributed by atoms with van der Waals surface area (Å²) in [6, 6.07) is 7.62. The molecule has 1 aromatic carbocycles. The molecule has 0 aliphatic rings. The van der Waals surface area contributed by atoms with E-state index in [9.17, 15) is 0 Å². The molecule has 0 unspecified atom stereocenters. The van der Waals surface area contributed by atoms with Crippen molar-refractivity contribution in [3.05, 3.63) is 51.9 Å². The van der Waals surface area contributed by atoms with Gasteiger partial charge in [-0.3, -0.25) is 0 Å². The maximum absolute atomic E-state index is 6.07. The van der Waals surface area contributed by atoms with Crippen LogP contribution in [0.25, 0.3) is 0 Å². The summed E-state index contributed by atoms with van der Waals surface area (Å²) in [5.74, 6) is 2.28. The molecular formula is C14H16ClNO2. The average Bonchev–Trinajstić information content (AvgIpc) is 2.71. The van der Waals surface area contributed by atoms with E-state index in [1.165, 1.54) is 0 Å². The number of hydrogen-bond acceptors (Lipinski definition) is 3. The number of ether oxygens (including phenoxy) is 1. The molecule has 96 valence electrons. The third-order valence-electron chi connectivity index (χ3n) is 2.74. The van der Waals surface area contributed by atoms with Gasteiger partial charge in [0.05, 0.1) is 11.6 Å². The molecule has 4 heteroatoms. The summed E-state index contributed by atoms with van der Waals surface area (Å²) < 4.78 is 11.2. The molecule has 2 rings (SSSR count). The number of halogens is 1. The fraction of sp³-hybridized carbons (Fsp3) is 0.286. The Morgan fingerprint density at radius 3 is 2.72 bits per heavy atom. The monoisotopic (exact) mass is 265 g/mol. The Hall–Kier alpha value is -1.45. The molecule has 0 bridgehead atoms. The Balaban J connectivity index is 2.11. The maximum atomic E-state index is 6.07. The quantitative estimate of drug-likeness (QED) is 0.919. The number of benzene rings is 1. The van der Waals surface area contributed by atoms with Crippen molar-refractivity contribution >= 4 is 11.6 Å². The molecule has 18 heavy (non-hydrogen) atoms. The molecule has 0 fully saturated rings. The highest BCUT2D eigenvalue weighted by molar-refractivity contribution is 6.32. The van der Waals surface area contributed by atoms with Crippen molar-refractivity contribution in [2.45, 2.75) is 27.0 Å². The highest BCUT2D eigenvalue weighted by atomic mass is 35.5. The van der Waals surface area contributed by atoms with Crippen LogP contribution in [0.5, 0.6) is 5.75 Å². The van der Waals surface area contributed by atoms with Crippen molar-refractivity contribution in [1.29, 1.82) is 0 Å². The first-order valence-electron chi connectivity index (χ1n) is 5.77. The van der Waals surface area contributed by atoms with Crippen molar-refractivity contribution in [2.24, 2.45) is 5.73 Å². The molecule has 2 aromatic rings. The van der Waals surface area contributed by atoms with Gasteiger partial charge in [0, 0.05) is 5.56 Å². The number of nitrogens with two attached hydrogens (primary N) is 1. The third-order valence-corrected chi connectivity index (χ3v) is 3.05. The molecule has 1 heterocycles. The fourth-order valence-electron chi connectivity index (χ4n) is 1.71. The average molecular weight is 266 g/mol. The van der Waals surface area contributed by atoms with Gasteiger partial charge >= 0.3 is 0 Å². The van der Waals surface area contributed by atoms with E-state index in [0.717, 1.165) is 22.6 Å². The van der Waals surface area contributed by atoms with E-state index in [0.29, 0.717) is 23.9 Å². The topological polar surface area (TPSA) is 48.4 Å². The Morgan fingerprint density at radius 2 is 2.06 bits per heavy atom. The van der Waals surface area contributed by atoms with Crippen LogP contribution < -0.4 is 10.5 Å². The predicted octanol–water partition coefficient (Wildman–Crippen LogP) is 3.59. The van der Waals surface area contributed by atoms with Gasteiger partial charge in [0.15, 0.2) is 0 Å². The SMILES string of the molecule is Cc1ccc(Cl)c(OCc2cc(CN)oc2C)c1. The van der Waals surface area contributed by atoms with E-state index < -0.39 is 0 Å².